The molecule has 0 aliphatic heterocycles. The summed E-state index contributed by atoms with van der Waals surface area (Å²) in [6, 6.07) is 10.5. The molecule has 2 atom stereocenters. The number of nitrogens with zero attached hydrogens (tertiary/aromatic N) is 1. The van der Waals surface area contributed by atoms with Crippen LogP contribution in [0.2, 0.25) is 0 Å². The number of pyridine rings is 1. The number of hydrogen-bond acceptors (Lipinski definition) is 4. The Labute approximate surface area is 199 Å². The Hall–Kier alpha value is -3.53. The predicted octanol–water partition coefficient (Wildman–Crippen LogP) is 5.14. The fourth-order valence-electron chi connectivity index (χ4n) is 3.61. The van der Waals surface area contributed by atoms with Crippen LogP contribution in [0.5, 0.6) is 5.75 Å². The zero-order chi connectivity index (χ0) is 25.6. The molecule has 2 aromatic carbocycles. The molecule has 1 heterocycles. The van der Waals surface area contributed by atoms with E-state index in [9.17, 15) is 26.7 Å². The monoisotopic (exact) mass is 493 g/mol. The minimum Gasteiger partial charge on any atom is -0.494 e. The first kappa shape index (κ1) is 26.1. The normalized spacial score (nSPS) is 13.2. The molecule has 186 valence electrons. The van der Waals surface area contributed by atoms with Crippen molar-refractivity contribution in [2.45, 2.75) is 31.1 Å². The van der Waals surface area contributed by atoms with Crippen LogP contribution in [0.1, 0.15) is 40.9 Å². The molecule has 0 spiro atoms. The molecular weight excluding hydrogens is 469 g/mol. The number of rotatable bonds is 9. The van der Waals surface area contributed by atoms with Gasteiger partial charge in [-0.2, -0.15) is 13.2 Å². The molecule has 0 saturated heterocycles. The number of ether oxygens (including phenoxy) is 1. The van der Waals surface area contributed by atoms with Gasteiger partial charge in [-0.1, -0.05) is 24.3 Å². The summed E-state index contributed by atoms with van der Waals surface area (Å²) in [5, 5.41) is 5.78. The highest BCUT2D eigenvalue weighted by molar-refractivity contribution is 5.83. The average molecular weight is 493 g/mol. The first-order valence-electron chi connectivity index (χ1n) is 10.7. The van der Waals surface area contributed by atoms with Crippen molar-refractivity contribution in [1.29, 1.82) is 0 Å². The van der Waals surface area contributed by atoms with Gasteiger partial charge in [0.05, 0.1) is 7.11 Å². The number of nitrogens with one attached hydrogen (secondary N) is 2. The second-order valence-corrected chi connectivity index (χ2v) is 7.80. The molecule has 0 radical (unpaired) electrons. The minimum absolute atomic E-state index is 0.00349. The summed E-state index contributed by atoms with van der Waals surface area (Å²) in [5.74, 6) is -1.40. The summed E-state index contributed by atoms with van der Waals surface area (Å²) >= 11 is 0. The van der Waals surface area contributed by atoms with Crippen molar-refractivity contribution in [3.05, 3.63) is 94.8 Å². The summed E-state index contributed by atoms with van der Waals surface area (Å²) in [6.07, 6.45) is -2.74. The highest BCUT2D eigenvalue weighted by atomic mass is 19.4. The molecule has 2 N–H and O–H groups in total. The third-order valence-electron chi connectivity index (χ3n) is 5.49. The highest BCUT2D eigenvalue weighted by Gasteiger charge is 2.32. The zero-order valence-electron chi connectivity index (χ0n) is 19.0. The maximum absolute atomic E-state index is 14.0. The molecule has 35 heavy (non-hydrogen) atoms. The first-order chi connectivity index (χ1) is 16.6. The van der Waals surface area contributed by atoms with Crippen LogP contribution in [0, 0.1) is 11.6 Å². The number of alkyl halides is 3. The fourth-order valence-corrected chi connectivity index (χ4v) is 3.61. The van der Waals surface area contributed by atoms with E-state index in [1.165, 1.54) is 62.7 Å². The zero-order valence-corrected chi connectivity index (χ0v) is 19.0. The van der Waals surface area contributed by atoms with Crippen LogP contribution in [-0.4, -0.2) is 25.0 Å². The van der Waals surface area contributed by atoms with Crippen molar-refractivity contribution in [2.24, 2.45) is 0 Å². The quantitative estimate of drug-likeness (QED) is 0.406. The van der Waals surface area contributed by atoms with E-state index in [0.29, 0.717) is 29.5 Å². The Kier molecular flexibility index (Phi) is 8.39. The van der Waals surface area contributed by atoms with E-state index in [-0.39, 0.29) is 11.7 Å². The van der Waals surface area contributed by atoms with Crippen molar-refractivity contribution in [1.82, 2.24) is 15.6 Å². The lowest BCUT2D eigenvalue weighted by Crippen LogP contribution is -2.38. The van der Waals surface area contributed by atoms with E-state index in [2.05, 4.69) is 15.6 Å². The largest absolute Gasteiger partial charge is 0.494 e. The van der Waals surface area contributed by atoms with Gasteiger partial charge in [0.2, 0.25) is 5.91 Å². The molecule has 1 amide bonds. The van der Waals surface area contributed by atoms with E-state index < -0.39 is 35.6 Å². The van der Waals surface area contributed by atoms with Gasteiger partial charge in [0.25, 0.3) is 0 Å². The molecule has 0 fully saturated rings. The molecule has 1 unspecified atom stereocenters. The van der Waals surface area contributed by atoms with Gasteiger partial charge in [-0.15, -0.1) is 0 Å². The predicted molar refractivity (Wildman–Crippen MR) is 120 cm³/mol. The third kappa shape index (κ3) is 6.75. The Morgan fingerprint density at radius 1 is 1.03 bits per heavy atom. The fraction of sp³-hybridized carbons (Fsp3) is 0.280. The maximum atomic E-state index is 14.0. The second-order valence-electron chi connectivity index (χ2n) is 7.80. The van der Waals surface area contributed by atoms with Crippen molar-refractivity contribution in [2.75, 3.05) is 14.2 Å². The molecule has 1 aromatic heterocycles. The Morgan fingerprint density at radius 3 is 2.29 bits per heavy atom. The van der Waals surface area contributed by atoms with Gasteiger partial charge in [-0.25, -0.2) is 8.78 Å². The van der Waals surface area contributed by atoms with E-state index in [1.807, 2.05) is 0 Å². The van der Waals surface area contributed by atoms with Crippen LogP contribution in [-0.2, 0) is 17.4 Å². The van der Waals surface area contributed by atoms with Gasteiger partial charge in [0, 0.05) is 19.3 Å². The maximum Gasteiger partial charge on any atom is 0.433 e. The summed E-state index contributed by atoms with van der Waals surface area (Å²) in [4.78, 5) is 16.2. The number of halogens is 5. The van der Waals surface area contributed by atoms with Gasteiger partial charge >= 0.3 is 6.18 Å². The number of methoxy groups -OCH3 is 1. The minimum atomic E-state index is -4.54. The topological polar surface area (TPSA) is 63.2 Å². The van der Waals surface area contributed by atoms with Gasteiger partial charge in [0.15, 0.2) is 11.6 Å². The lowest BCUT2D eigenvalue weighted by atomic mass is 9.96. The molecule has 10 heteroatoms. The summed E-state index contributed by atoms with van der Waals surface area (Å²) < 4.78 is 71.0. The molecular formula is C25H24F5N3O2. The number of benzene rings is 2. The summed E-state index contributed by atoms with van der Waals surface area (Å²) in [6.45, 7) is 0. The molecule has 0 aliphatic carbocycles. The standard InChI is InChI=1S/C25H24F5N3O2/c1-31-24(34)23(16-5-8-18(26)9-6-16)33-20(17-7-10-19(27)21(13-17)35-2)11-3-15-4-12-22(32-14-15)25(28,29)30/h4-10,12-14,20,23,33H,3,11H2,1-2H3,(H,31,34)/t20-,23?/m0/s1. The summed E-state index contributed by atoms with van der Waals surface area (Å²) in [7, 11) is 2.79. The van der Waals surface area contributed by atoms with E-state index >= 15 is 0 Å². The SMILES string of the molecule is CNC(=O)C(N[C@@H](CCc1ccc(C(F)(F)F)nc1)c1ccc(F)c(OC)c1)c1ccc(F)cc1. The molecule has 0 bridgehead atoms. The van der Waals surface area contributed by atoms with E-state index in [1.54, 1.807) is 0 Å². The first-order valence-corrected chi connectivity index (χ1v) is 10.7. The van der Waals surface area contributed by atoms with Gasteiger partial charge in [0.1, 0.15) is 17.6 Å². The van der Waals surface area contributed by atoms with E-state index in [4.69, 9.17) is 4.74 Å². The lowest BCUT2D eigenvalue weighted by Gasteiger charge is -2.26. The smallest absolute Gasteiger partial charge is 0.433 e. The van der Waals surface area contributed by atoms with Crippen molar-refractivity contribution in [3.8, 4) is 5.75 Å². The van der Waals surface area contributed by atoms with Crippen LogP contribution < -0.4 is 15.4 Å². The molecule has 0 aliphatic rings. The average Bonchev–Trinajstić information content (AvgIpc) is 2.84. The Morgan fingerprint density at radius 2 is 1.71 bits per heavy atom. The number of likely N-dealkylation sites (N-methyl/N-ethyl adjacent to an activating group) is 1. The molecule has 0 saturated carbocycles. The van der Waals surface area contributed by atoms with Crippen LogP contribution >= 0.6 is 0 Å². The number of amides is 1. The molecule has 5 nitrogen and oxygen atoms in total. The van der Waals surface area contributed by atoms with Crippen LogP contribution in [0.15, 0.2) is 60.8 Å². The van der Waals surface area contributed by atoms with Crippen LogP contribution in [0.4, 0.5) is 22.0 Å². The third-order valence-corrected chi connectivity index (χ3v) is 5.49. The van der Waals surface area contributed by atoms with Gasteiger partial charge < -0.3 is 10.1 Å². The number of aryl methyl sites for hydroxylation is 1. The Balaban J connectivity index is 1.91. The Bertz CT molecular complexity index is 1140. The van der Waals surface area contributed by atoms with Gasteiger partial charge in [-0.05, 0) is 59.9 Å². The van der Waals surface area contributed by atoms with Gasteiger partial charge in [-0.3, -0.25) is 15.1 Å². The van der Waals surface area contributed by atoms with Crippen molar-refractivity contribution >= 4 is 5.91 Å². The number of hydrogen-bond donors (Lipinski definition) is 2. The number of carbonyl (C=O) groups is 1. The van der Waals surface area contributed by atoms with Crippen LogP contribution in [0.25, 0.3) is 0 Å². The van der Waals surface area contributed by atoms with Crippen molar-refractivity contribution in [3.63, 3.8) is 0 Å². The number of carbonyl (C=O) groups excluding carboxylic acids is 1. The highest BCUT2D eigenvalue weighted by Crippen LogP contribution is 2.30. The van der Waals surface area contributed by atoms with E-state index in [0.717, 1.165) is 12.3 Å². The molecule has 3 aromatic rings. The molecule has 3 rings (SSSR count). The van der Waals surface area contributed by atoms with Crippen LogP contribution in [0.3, 0.4) is 0 Å². The lowest BCUT2D eigenvalue weighted by molar-refractivity contribution is -0.141. The second kappa shape index (κ2) is 11.3. The number of aromatic nitrogens is 1. The van der Waals surface area contributed by atoms with Crippen molar-refractivity contribution < 1.29 is 31.5 Å². The summed E-state index contributed by atoms with van der Waals surface area (Å²) in [5.41, 5.74) is 0.660.